The molecule has 0 aromatic heterocycles. The fraction of sp³-hybridized carbons (Fsp3) is 0.120. The number of pyridine rings is 2. The zero-order valence-electron chi connectivity index (χ0n) is 18.8. The molecule has 178 valence electrons. The molecular formula is C25H18Cl3N3O4. The Morgan fingerprint density at radius 2 is 1.60 bits per heavy atom. The molecule has 0 spiro atoms. The summed E-state index contributed by atoms with van der Waals surface area (Å²) >= 11 is 18.8. The van der Waals surface area contributed by atoms with Crippen LogP contribution in [0.3, 0.4) is 0 Å². The van der Waals surface area contributed by atoms with E-state index in [2.05, 4.69) is 10.3 Å². The number of hydrogen-bond acceptors (Lipinski definition) is 5. The number of rotatable bonds is 4. The number of aromatic nitrogens is 2. The molecule has 0 bridgehead atoms. The highest BCUT2D eigenvalue weighted by molar-refractivity contribution is 6.36. The number of halogens is 3. The summed E-state index contributed by atoms with van der Waals surface area (Å²) in [4.78, 5) is 41.6. The third-order valence-corrected chi connectivity index (χ3v) is 6.21. The van der Waals surface area contributed by atoms with Gasteiger partial charge in [0.15, 0.2) is 5.56 Å². The minimum atomic E-state index is -0.909. The molecule has 2 heterocycles. The van der Waals surface area contributed by atoms with E-state index in [0.29, 0.717) is 37.5 Å². The maximum atomic E-state index is 12.9. The number of hydrogen-bond donors (Lipinski definition) is 1. The normalized spacial score (nSPS) is 10.9. The van der Waals surface area contributed by atoms with Crippen LogP contribution in [0.2, 0.25) is 15.1 Å². The van der Waals surface area contributed by atoms with E-state index >= 15 is 0 Å². The van der Waals surface area contributed by atoms with E-state index in [-0.39, 0.29) is 17.1 Å². The van der Waals surface area contributed by atoms with E-state index in [9.17, 15) is 14.4 Å². The lowest BCUT2D eigenvalue weighted by Crippen LogP contribution is -2.26. The zero-order chi connectivity index (χ0) is 25.4. The first-order chi connectivity index (χ1) is 16.6. The number of nitrogens with zero attached hydrogens (tertiary/aromatic N) is 2. The SMILES string of the molecule is COC(=O)c1c(NC(C)=O)c2cc(-c3ccc(Cl)cc3)c(-c3ccc(Cl)cc3Cl)n(C)c-2nc1=O. The molecule has 0 aliphatic carbocycles. The van der Waals surface area contributed by atoms with Gasteiger partial charge in [0.1, 0.15) is 5.82 Å². The first kappa shape index (κ1) is 24.7. The summed E-state index contributed by atoms with van der Waals surface area (Å²) in [5.41, 5.74) is 1.90. The number of anilines is 1. The molecule has 0 unspecified atom stereocenters. The number of esters is 1. The molecule has 7 nitrogen and oxygen atoms in total. The van der Waals surface area contributed by atoms with Crippen molar-refractivity contribution in [1.29, 1.82) is 0 Å². The first-order valence-electron chi connectivity index (χ1n) is 10.3. The van der Waals surface area contributed by atoms with E-state index in [4.69, 9.17) is 39.5 Å². The molecule has 1 amide bonds. The molecule has 2 aliphatic heterocycles. The summed E-state index contributed by atoms with van der Waals surface area (Å²) in [6.07, 6.45) is 0. The van der Waals surface area contributed by atoms with Crippen LogP contribution in [0.5, 0.6) is 0 Å². The molecule has 0 saturated heterocycles. The van der Waals surface area contributed by atoms with Crippen molar-refractivity contribution in [2.75, 3.05) is 12.4 Å². The topological polar surface area (TPSA) is 90.3 Å². The predicted molar refractivity (Wildman–Crippen MR) is 138 cm³/mol. The highest BCUT2D eigenvalue weighted by Gasteiger charge is 2.29. The molecular weight excluding hydrogens is 513 g/mol. The number of amides is 1. The van der Waals surface area contributed by atoms with Crippen LogP contribution < -0.4 is 10.9 Å². The Morgan fingerprint density at radius 1 is 0.943 bits per heavy atom. The minimum absolute atomic E-state index is 0.0129. The number of fused-ring (bicyclic) bond motifs is 1. The maximum Gasteiger partial charge on any atom is 0.345 e. The van der Waals surface area contributed by atoms with Gasteiger partial charge in [-0.3, -0.25) is 9.59 Å². The largest absolute Gasteiger partial charge is 0.465 e. The van der Waals surface area contributed by atoms with Crippen LogP contribution in [0.15, 0.2) is 53.3 Å². The van der Waals surface area contributed by atoms with E-state index < -0.39 is 17.4 Å². The number of ether oxygens (including phenoxy) is 1. The molecule has 10 heteroatoms. The number of benzene rings is 2. The van der Waals surface area contributed by atoms with Crippen molar-refractivity contribution in [3.05, 3.63) is 79.5 Å². The van der Waals surface area contributed by atoms with Gasteiger partial charge >= 0.3 is 5.97 Å². The van der Waals surface area contributed by atoms with Crippen molar-refractivity contribution in [2.45, 2.75) is 6.92 Å². The van der Waals surface area contributed by atoms with Crippen molar-refractivity contribution in [1.82, 2.24) is 9.55 Å². The highest BCUT2D eigenvalue weighted by Crippen LogP contribution is 2.42. The summed E-state index contributed by atoms with van der Waals surface area (Å²) in [5, 5.41) is 4.01. The Hall–Kier alpha value is -3.39. The molecule has 35 heavy (non-hydrogen) atoms. The maximum absolute atomic E-state index is 12.9. The molecule has 2 aromatic carbocycles. The summed E-state index contributed by atoms with van der Waals surface area (Å²) in [7, 11) is 2.86. The lowest BCUT2D eigenvalue weighted by atomic mass is 9.94. The molecule has 0 atom stereocenters. The van der Waals surface area contributed by atoms with Gasteiger partial charge in [0, 0.05) is 40.7 Å². The van der Waals surface area contributed by atoms with Crippen molar-refractivity contribution < 1.29 is 14.3 Å². The zero-order valence-corrected chi connectivity index (χ0v) is 21.0. The third-order valence-electron chi connectivity index (χ3n) is 5.41. The standard InChI is InChI=1S/C25H18Cl3N3O4/c1-12(32)29-21-18-11-17(13-4-6-14(26)7-5-13)22(16-9-8-15(27)10-19(16)28)31(2)23(18)30-24(33)20(21)25(34)35-3/h4-11H,1-3H3,(H,29,32). The van der Waals surface area contributed by atoms with Gasteiger partial charge in [0.2, 0.25) is 5.91 Å². The Balaban J connectivity index is 2.20. The average Bonchev–Trinajstić information content (AvgIpc) is 2.80. The van der Waals surface area contributed by atoms with E-state index in [1.54, 1.807) is 48.0 Å². The number of carbonyl (C=O) groups excluding carboxylic acids is 2. The van der Waals surface area contributed by atoms with Crippen LogP contribution in [-0.2, 0) is 16.6 Å². The smallest absolute Gasteiger partial charge is 0.345 e. The minimum Gasteiger partial charge on any atom is -0.465 e. The van der Waals surface area contributed by atoms with E-state index in [1.165, 1.54) is 6.92 Å². The molecule has 0 fully saturated rings. The quantitative estimate of drug-likeness (QED) is 0.331. The molecule has 2 aromatic rings. The van der Waals surface area contributed by atoms with Gasteiger partial charge in [-0.1, -0.05) is 46.9 Å². The van der Waals surface area contributed by atoms with Crippen LogP contribution in [0.4, 0.5) is 5.69 Å². The number of carbonyl (C=O) groups is 2. The molecule has 0 radical (unpaired) electrons. The monoisotopic (exact) mass is 529 g/mol. The second kappa shape index (κ2) is 9.70. The van der Waals surface area contributed by atoms with Gasteiger partial charge < -0.3 is 14.6 Å². The average molecular weight is 531 g/mol. The Morgan fingerprint density at radius 3 is 2.20 bits per heavy atom. The van der Waals surface area contributed by atoms with Crippen molar-refractivity contribution in [2.24, 2.45) is 7.05 Å². The number of methoxy groups -OCH3 is 1. The number of nitrogens with one attached hydrogen (secondary N) is 1. The van der Waals surface area contributed by atoms with Crippen LogP contribution >= 0.6 is 34.8 Å². The first-order valence-corrected chi connectivity index (χ1v) is 11.4. The van der Waals surface area contributed by atoms with Crippen molar-refractivity contribution in [3.63, 3.8) is 0 Å². The van der Waals surface area contributed by atoms with Gasteiger partial charge in [-0.25, -0.2) is 4.79 Å². The van der Waals surface area contributed by atoms with Gasteiger partial charge in [-0.15, -0.1) is 0 Å². The summed E-state index contributed by atoms with van der Waals surface area (Å²) in [6.45, 7) is 1.28. The Kier molecular flexibility index (Phi) is 6.85. The summed E-state index contributed by atoms with van der Waals surface area (Å²) in [5.74, 6) is -1.15. The van der Waals surface area contributed by atoms with Crippen molar-refractivity contribution in [3.8, 4) is 33.8 Å². The summed E-state index contributed by atoms with van der Waals surface area (Å²) in [6, 6.07) is 13.9. The third kappa shape index (κ3) is 4.62. The molecule has 0 saturated carbocycles. The van der Waals surface area contributed by atoms with Gasteiger partial charge in [0.05, 0.1) is 23.5 Å². The van der Waals surface area contributed by atoms with Crippen LogP contribution in [-0.4, -0.2) is 28.5 Å². The van der Waals surface area contributed by atoms with Gasteiger partial charge in [-0.2, -0.15) is 4.98 Å². The molecule has 4 rings (SSSR count). The molecule has 1 N–H and O–H groups in total. The van der Waals surface area contributed by atoms with Crippen molar-refractivity contribution >= 4 is 52.4 Å². The van der Waals surface area contributed by atoms with Crippen LogP contribution in [0.1, 0.15) is 17.3 Å². The lowest BCUT2D eigenvalue weighted by Gasteiger charge is -2.24. The lowest BCUT2D eigenvalue weighted by molar-refractivity contribution is -0.114. The fourth-order valence-electron chi connectivity index (χ4n) is 3.91. The summed E-state index contributed by atoms with van der Waals surface area (Å²) < 4.78 is 6.47. The molecule has 2 aliphatic rings. The predicted octanol–water partition coefficient (Wildman–Crippen LogP) is 5.92. The van der Waals surface area contributed by atoms with Crippen LogP contribution in [0, 0.1) is 0 Å². The van der Waals surface area contributed by atoms with Gasteiger partial charge in [0.25, 0.3) is 5.56 Å². The second-order valence-electron chi connectivity index (χ2n) is 7.67. The van der Waals surface area contributed by atoms with E-state index in [1.807, 2.05) is 12.1 Å². The van der Waals surface area contributed by atoms with Gasteiger partial charge in [-0.05, 0) is 42.0 Å². The highest BCUT2D eigenvalue weighted by atomic mass is 35.5. The van der Waals surface area contributed by atoms with E-state index in [0.717, 1.165) is 12.7 Å². The Labute approximate surface area is 215 Å². The fourth-order valence-corrected chi connectivity index (χ4v) is 4.54. The second-order valence-corrected chi connectivity index (χ2v) is 8.95. The Bertz CT molecular complexity index is 1510. The van der Waals surface area contributed by atoms with Crippen LogP contribution in [0.25, 0.3) is 33.8 Å².